The maximum Gasteiger partial charge on any atom is 0.417 e. The van der Waals surface area contributed by atoms with Gasteiger partial charge in [-0.25, -0.2) is 9.78 Å². The smallest absolute Gasteiger partial charge is 0.323 e. The molecule has 2 aromatic rings. The Morgan fingerprint density at radius 1 is 1.05 bits per heavy atom. The molecule has 7 nitrogen and oxygen atoms in total. The van der Waals surface area contributed by atoms with Gasteiger partial charge >= 0.3 is 12.2 Å². The molecule has 5 fully saturated rings. The van der Waals surface area contributed by atoms with Crippen LogP contribution in [0, 0.1) is 28.1 Å². The zero-order chi connectivity index (χ0) is 25.6. The van der Waals surface area contributed by atoms with Crippen LogP contribution in [0.25, 0.3) is 0 Å². The van der Waals surface area contributed by atoms with Crippen molar-refractivity contribution < 1.29 is 18.0 Å². The number of carbonyl (C=O) groups excluding carboxylic acids is 1. The molecule has 0 atom stereocenters. The number of nitrogens with one attached hydrogen (secondary N) is 1. The highest BCUT2D eigenvalue weighted by atomic mass is 19.4. The van der Waals surface area contributed by atoms with Gasteiger partial charge in [0.2, 0.25) is 0 Å². The van der Waals surface area contributed by atoms with Crippen molar-refractivity contribution in [3.05, 3.63) is 46.5 Å². The molecule has 3 heterocycles. The third-order valence-corrected chi connectivity index (χ3v) is 9.33. The van der Waals surface area contributed by atoms with Crippen LogP contribution in [0.4, 0.5) is 18.0 Å². The minimum atomic E-state index is -4.53. The lowest BCUT2D eigenvalue weighted by Gasteiger charge is -2.63. The van der Waals surface area contributed by atoms with Gasteiger partial charge in [0.1, 0.15) is 5.82 Å². The third-order valence-electron chi connectivity index (χ3n) is 9.33. The summed E-state index contributed by atoms with van der Waals surface area (Å²) in [7, 11) is 0. The molecule has 7 rings (SSSR count). The molecule has 2 spiro atoms. The first-order chi connectivity index (χ1) is 17.6. The molecule has 2 amide bonds. The third kappa shape index (κ3) is 3.89. The van der Waals surface area contributed by atoms with E-state index >= 15 is 0 Å². The number of amides is 2. The van der Waals surface area contributed by atoms with Gasteiger partial charge in [-0.1, -0.05) is 6.07 Å². The molecule has 1 aromatic carbocycles. The fourth-order valence-electron chi connectivity index (χ4n) is 7.38. The maximum absolute atomic E-state index is 13.3. The lowest BCUT2D eigenvalue weighted by atomic mass is 9.56. The second-order valence-corrected chi connectivity index (χ2v) is 12.4. The molecule has 5 aliphatic rings. The van der Waals surface area contributed by atoms with Crippen molar-refractivity contribution in [1.82, 2.24) is 25.0 Å². The quantitative estimate of drug-likeness (QED) is 0.638. The van der Waals surface area contributed by atoms with Crippen LogP contribution in [-0.4, -0.2) is 57.2 Å². The SMILES string of the molecule is N#Cc1ccc(CC2CC3(C2)CN(C(=O)N2CC4(CC(c5nc(C6CC6)n[nH]5)C4)C2)C3)cc1C(F)(F)F. The van der Waals surface area contributed by atoms with Gasteiger partial charge in [0, 0.05) is 48.8 Å². The van der Waals surface area contributed by atoms with Crippen molar-refractivity contribution in [2.75, 3.05) is 26.2 Å². The summed E-state index contributed by atoms with van der Waals surface area (Å²) in [4.78, 5) is 21.5. The molecule has 1 N–H and O–H groups in total. The Morgan fingerprint density at radius 3 is 2.30 bits per heavy atom. The summed E-state index contributed by atoms with van der Waals surface area (Å²) in [5.74, 6) is 3.29. The fourth-order valence-corrected chi connectivity index (χ4v) is 7.38. The largest absolute Gasteiger partial charge is 0.417 e. The van der Waals surface area contributed by atoms with E-state index in [1.165, 1.54) is 18.9 Å². The van der Waals surface area contributed by atoms with Gasteiger partial charge in [-0.2, -0.15) is 23.5 Å². The number of nitriles is 1. The second-order valence-electron chi connectivity index (χ2n) is 12.4. The molecular weight excluding hydrogens is 481 g/mol. The predicted octanol–water partition coefficient (Wildman–Crippen LogP) is 4.83. The maximum atomic E-state index is 13.3. The number of alkyl halides is 3. The van der Waals surface area contributed by atoms with Gasteiger partial charge in [0.05, 0.1) is 17.2 Å². The normalized spacial score (nSPS) is 24.3. The topological polar surface area (TPSA) is 88.9 Å². The summed E-state index contributed by atoms with van der Waals surface area (Å²) >= 11 is 0. The van der Waals surface area contributed by atoms with Crippen LogP contribution in [0.15, 0.2) is 18.2 Å². The van der Waals surface area contributed by atoms with Crippen molar-refractivity contribution in [2.45, 2.75) is 63.0 Å². The zero-order valence-corrected chi connectivity index (χ0v) is 20.5. The van der Waals surface area contributed by atoms with E-state index in [4.69, 9.17) is 10.2 Å². The van der Waals surface area contributed by atoms with Crippen LogP contribution in [0.1, 0.15) is 78.7 Å². The Labute approximate surface area is 213 Å². The summed E-state index contributed by atoms with van der Waals surface area (Å²) < 4.78 is 39.8. The van der Waals surface area contributed by atoms with Crippen LogP contribution in [0.2, 0.25) is 0 Å². The van der Waals surface area contributed by atoms with Gasteiger partial charge in [0.25, 0.3) is 0 Å². The highest BCUT2D eigenvalue weighted by Crippen LogP contribution is 2.57. The molecule has 0 radical (unpaired) electrons. The first kappa shape index (κ1) is 23.1. The number of rotatable bonds is 4. The van der Waals surface area contributed by atoms with Gasteiger partial charge in [-0.3, -0.25) is 5.10 Å². The number of H-pyrrole nitrogens is 1. The number of urea groups is 1. The van der Waals surface area contributed by atoms with Crippen molar-refractivity contribution >= 4 is 6.03 Å². The Bertz CT molecular complexity index is 1280. The molecular formula is C27H29F3N6O. The Hall–Kier alpha value is -3.09. The molecule has 3 saturated carbocycles. The number of carbonyl (C=O) groups is 1. The van der Waals surface area contributed by atoms with Crippen molar-refractivity contribution in [1.29, 1.82) is 5.26 Å². The minimum Gasteiger partial charge on any atom is -0.323 e. The first-order valence-electron chi connectivity index (χ1n) is 13.2. The van der Waals surface area contributed by atoms with Crippen LogP contribution in [-0.2, 0) is 12.6 Å². The van der Waals surface area contributed by atoms with E-state index in [1.807, 2.05) is 9.80 Å². The molecule has 3 aliphatic carbocycles. The predicted molar refractivity (Wildman–Crippen MR) is 126 cm³/mol. The molecule has 1 aromatic heterocycles. The summed E-state index contributed by atoms with van der Waals surface area (Å²) in [5, 5.41) is 16.5. The van der Waals surface area contributed by atoms with Crippen LogP contribution in [0.5, 0.6) is 0 Å². The molecule has 194 valence electrons. The molecule has 10 heteroatoms. The molecule has 37 heavy (non-hydrogen) atoms. The standard InChI is InChI=1S/C27H29F3N6O/c28-27(29,30)21-6-16(1-2-19(21)11-31)5-17-7-25(8-17)12-35(13-25)24(37)36-14-26(15-36)9-20(10-26)23-32-22(33-34-23)18-3-4-18/h1-2,6,17-18,20H,3-5,7-10,12-15H2,(H,32,33,34). The van der Waals surface area contributed by atoms with E-state index < -0.39 is 11.7 Å². The zero-order valence-electron chi connectivity index (χ0n) is 20.5. The molecule has 2 saturated heterocycles. The molecule has 0 bridgehead atoms. The molecule has 0 unspecified atom stereocenters. The number of hydrogen-bond donors (Lipinski definition) is 1. The average Bonchev–Trinajstić information content (AvgIpc) is 3.49. The van der Waals surface area contributed by atoms with Crippen molar-refractivity contribution in [3.8, 4) is 6.07 Å². The number of hydrogen-bond acceptors (Lipinski definition) is 4. The van der Waals surface area contributed by atoms with Gasteiger partial charge in [-0.05, 0) is 68.6 Å². The van der Waals surface area contributed by atoms with E-state index in [-0.39, 0.29) is 22.4 Å². The highest BCUT2D eigenvalue weighted by Gasteiger charge is 2.58. The van der Waals surface area contributed by atoms with Gasteiger partial charge in [-0.15, -0.1) is 0 Å². The minimum absolute atomic E-state index is 0.126. The number of nitrogens with zero attached hydrogens (tertiary/aromatic N) is 5. The Morgan fingerprint density at radius 2 is 1.70 bits per heavy atom. The lowest BCUT2D eigenvalue weighted by Crippen LogP contribution is -2.70. The van der Waals surface area contributed by atoms with Crippen LogP contribution in [0.3, 0.4) is 0 Å². The number of likely N-dealkylation sites (tertiary alicyclic amines) is 2. The van der Waals surface area contributed by atoms with E-state index in [1.54, 1.807) is 12.1 Å². The van der Waals surface area contributed by atoms with Crippen molar-refractivity contribution in [3.63, 3.8) is 0 Å². The second kappa shape index (κ2) is 7.71. The summed E-state index contributed by atoms with van der Waals surface area (Å²) in [6, 6.07) is 5.80. The van der Waals surface area contributed by atoms with Gasteiger partial charge in [0.15, 0.2) is 5.82 Å². The number of aromatic nitrogens is 3. The van der Waals surface area contributed by atoms with E-state index in [2.05, 4.69) is 10.2 Å². The number of aromatic amines is 1. The monoisotopic (exact) mass is 510 g/mol. The van der Waals surface area contributed by atoms with Crippen LogP contribution < -0.4 is 0 Å². The summed E-state index contributed by atoms with van der Waals surface area (Å²) in [6.45, 7) is 3.13. The average molecular weight is 511 g/mol. The Balaban J connectivity index is 0.861. The van der Waals surface area contributed by atoms with Crippen molar-refractivity contribution in [2.24, 2.45) is 16.7 Å². The van der Waals surface area contributed by atoms with E-state index in [0.717, 1.165) is 69.6 Å². The summed E-state index contributed by atoms with van der Waals surface area (Å²) in [5.41, 5.74) is -0.184. The van der Waals surface area contributed by atoms with Gasteiger partial charge < -0.3 is 9.80 Å². The first-order valence-corrected chi connectivity index (χ1v) is 13.2. The number of halogens is 3. The van der Waals surface area contributed by atoms with Crippen LogP contribution >= 0.6 is 0 Å². The molecule has 2 aliphatic heterocycles. The Kier molecular flexibility index (Phi) is 4.81. The lowest BCUT2D eigenvalue weighted by molar-refractivity contribution is -0.137. The van der Waals surface area contributed by atoms with E-state index in [9.17, 15) is 18.0 Å². The summed E-state index contributed by atoms with van der Waals surface area (Å²) in [6.07, 6.45) is 2.44. The van der Waals surface area contributed by atoms with E-state index in [0.29, 0.717) is 29.7 Å². The number of benzene rings is 1. The fraction of sp³-hybridized carbons (Fsp3) is 0.630. The highest BCUT2D eigenvalue weighted by molar-refractivity contribution is 5.77.